The van der Waals surface area contributed by atoms with Crippen molar-refractivity contribution >= 4 is 5.97 Å². The molecule has 0 aliphatic carbocycles. The molecule has 0 aliphatic rings. The van der Waals surface area contributed by atoms with E-state index in [2.05, 4.69) is 13.5 Å². The predicted octanol–water partition coefficient (Wildman–Crippen LogP) is 8.15. The van der Waals surface area contributed by atoms with Crippen molar-refractivity contribution in [2.24, 2.45) is 0 Å². The Kier molecular flexibility index (Phi) is 21.6. The molecular formula is C24H46O2. The molecule has 0 N–H and O–H groups in total. The fraction of sp³-hybridized carbons (Fsp3) is 0.875. The van der Waals surface area contributed by atoms with Crippen LogP contribution in [-0.2, 0) is 9.53 Å². The van der Waals surface area contributed by atoms with Gasteiger partial charge >= 0.3 is 5.97 Å². The first-order valence-corrected chi connectivity index (χ1v) is 11.6. The molecule has 2 nitrogen and oxygen atoms in total. The molecule has 0 rings (SSSR count). The summed E-state index contributed by atoms with van der Waals surface area (Å²) in [6, 6.07) is 0. The Morgan fingerprint density at radius 3 is 1.35 bits per heavy atom. The summed E-state index contributed by atoms with van der Waals surface area (Å²) in [5.74, 6) is -0.0820. The molecule has 0 radical (unpaired) electrons. The van der Waals surface area contributed by atoms with E-state index in [0.29, 0.717) is 13.0 Å². The zero-order chi connectivity index (χ0) is 19.1. The molecule has 2 heteroatoms. The summed E-state index contributed by atoms with van der Waals surface area (Å²) in [5, 5.41) is 0. The number of rotatable bonds is 21. The first-order valence-electron chi connectivity index (χ1n) is 11.6. The lowest BCUT2D eigenvalue weighted by molar-refractivity contribution is -0.142. The van der Waals surface area contributed by atoms with E-state index in [0.717, 1.165) is 12.8 Å². The maximum Gasteiger partial charge on any atom is 0.306 e. The van der Waals surface area contributed by atoms with Crippen LogP contribution in [0, 0.1) is 0 Å². The van der Waals surface area contributed by atoms with Gasteiger partial charge in [0, 0.05) is 6.42 Å². The van der Waals surface area contributed by atoms with Crippen molar-refractivity contribution in [3.8, 4) is 0 Å². The molecule has 26 heavy (non-hydrogen) atoms. The molecule has 154 valence electrons. The summed E-state index contributed by atoms with van der Waals surface area (Å²) < 4.78 is 4.97. The van der Waals surface area contributed by atoms with Crippen molar-refractivity contribution in [3.63, 3.8) is 0 Å². The van der Waals surface area contributed by atoms with Crippen molar-refractivity contribution in [2.75, 3.05) is 6.61 Å². The highest BCUT2D eigenvalue weighted by molar-refractivity contribution is 5.69. The van der Waals surface area contributed by atoms with Gasteiger partial charge in [-0.25, -0.2) is 0 Å². The molecular weight excluding hydrogens is 320 g/mol. The van der Waals surface area contributed by atoms with Crippen LogP contribution in [0.5, 0.6) is 0 Å². The fourth-order valence-corrected chi connectivity index (χ4v) is 3.40. The largest absolute Gasteiger partial charge is 0.461 e. The second-order valence-electron chi connectivity index (χ2n) is 7.73. The van der Waals surface area contributed by atoms with Crippen molar-refractivity contribution in [1.82, 2.24) is 0 Å². The van der Waals surface area contributed by atoms with Crippen LogP contribution in [0.25, 0.3) is 0 Å². The van der Waals surface area contributed by atoms with Crippen molar-refractivity contribution < 1.29 is 9.53 Å². The van der Waals surface area contributed by atoms with Gasteiger partial charge in [0.15, 0.2) is 0 Å². The minimum Gasteiger partial charge on any atom is -0.461 e. The van der Waals surface area contributed by atoms with Crippen LogP contribution in [0.3, 0.4) is 0 Å². The van der Waals surface area contributed by atoms with E-state index in [-0.39, 0.29) is 5.97 Å². The highest BCUT2D eigenvalue weighted by Gasteiger charge is 2.01. The second-order valence-corrected chi connectivity index (χ2v) is 7.73. The van der Waals surface area contributed by atoms with E-state index in [1.54, 1.807) is 6.08 Å². The van der Waals surface area contributed by atoms with Crippen LogP contribution < -0.4 is 0 Å². The summed E-state index contributed by atoms with van der Waals surface area (Å²) in [5.41, 5.74) is 0. The molecule has 0 aliphatic heterocycles. The lowest BCUT2D eigenvalue weighted by atomic mass is 10.0. The molecule has 0 unspecified atom stereocenters. The summed E-state index contributed by atoms with van der Waals surface area (Å²) in [6.07, 6.45) is 26.8. The maximum atomic E-state index is 11.3. The van der Waals surface area contributed by atoms with E-state index in [9.17, 15) is 4.79 Å². The lowest BCUT2D eigenvalue weighted by Crippen LogP contribution is -2.03. The number of hydrogen-bond acceptors (Lipinski definition) is 2. The monoisotopic (exact) mass is 366 g/mol. The molecule has 0 saturated heterocycles. The number of ether oxygens (including phenoxy) is 1. The van der Waals surface area contributed by atoms with Crippen LogP contribution in [0.4, 0.5) is 0 Å². The van der Waals surface area contributed by atoms with Crippen LogP contribution in [0.15, 0.2) is 12.7 Å². The third-order valence-electron chi connectivity index (χ3n) is 5.10. The van der Waals surface area contributed by atoms with E-state index in [1.165, 1.54) is 103 Å². The molecule has 0 amide bonds. The van der Waals surface area contributed by atoms with Gasteiger partial charge in [-0.05, 0) is 6.42 Å². The van der Waals surface area contributed by atoms with Gasteiger partial charge in [0.2, 0.25) is 0 Å². The van der Waals surface area contributed by atoms with Crippen molar-refractivity contribution in [2.45, 2.75) is 129 Å². The van der Waals surface area contributed by atoms with Gasteiger partial charge in [0.05, 0.1) is 0 Å². The quantitative estimate of drug-likeness (QED) is 0.116. The first-order chi connectivity index (χ1) is 12.8. The van der Waals surface area contributed by atoms with Crippen LogP contribution in [0.1, 0.15) is 129 Å². The minimum absolute atomic E-state index is 0.0820. The van der Waals surface area contributed by atoms with Gasteiger partial charge in [0.25, 0.3) is 0 Å². The first kappa shape index (κ1) is 25.2. The molecule has 0 aromatic rings. The third-order valence-corrected chi connectivity index (χ3v) is 5.10. The van der Waals surface area contributed by atoms with Crippen LogP contribution in [-0.4, -0.2) is 12.6 Å². The highest BCUT2D eigenvalue weighted by Crippen LogP contribution is 2.14. The van der Waals surface area contributed by atoms with Gasteiger partial charge in [0.1, 0.15) is 6.61 Å². The third kappa shape index (κ3) is 21.3. The normalized spacial score (nSPS) is 10.8. The molecule has 0 aromatic carbocycles. The lowest BCUT2D eigenvalue weighted by Gasteiger charge is -2.04. The Morgan fingerprint density at radius 1 is 0.654 bits per heavy atom. The molecule has 0 fully saturated rings. The number of esters is 1. The molecule has 0 heterocycles. The second kappa shape index (κ2) is 22.3. The average Bonchev–Trinajstić information content (AvgIpc) is 2.65. The SMILES string of the molecule is C=CCOC(=O)CCCCCCCCCCCCCCCCCCCC. The van der Waals surface area contributed by atoms with Crippen molar-refractivity contribution in [1.29, 1.82) is 0 Å². The zero-order valence-electron chi connectivity index (χ0n) is 17.7. The van der Waals surface area contributed by atoms with Gasteiger partial charge in [-0.1, -0.05) is 129 Å². The van der Waals surface area contributed by atoms with Gasteiger partial charge in [-0.3, -0.25) is 4.79 Å². The van der Waals surface area contributed by atoms with E-state index >= 15 is 0 Å². The maximum absolute atomic E-state index is 11.3. The van der Waals surface area contributed by atoms with Gasteiger partial charge < -0.3 is 4.74 Å². The Bertz CT molecular complexity index is 299. The summed E-state index contributed by atoms with van der Waals surface area (Å²) in [7, 11) is 0. The smallest absolute Gasteiger partial charge is 0.306 e. The average molecular weight is 367 g/mol. The molecule has 0 atom stereocenters. The minimum atomic E-state index is -0.0820. The van der Waals surface area contributed by atoms with Crippen LogP contribution >= 0.6 is 0 Å². The number of carbonyl (C=O) groups is 1. The summed E-state index contributed by atoms with van der Waals surface area (Å²) in [4.78, 5) is 11.3. The van der Waals surface area contributed by atoms with E-state index in [4.69, 9.17) is 4.74 Å². The number of hydrogen-bond donors (Lipinski definition) is 0. The Morgan fingerprint density at radius 2 is 1.00 bits per heavy atom. The molecule has 0 saturated carbocycles. The van der Waals surface area contributed by atoms with Crippen molar-refractivity contribution in [3.05, 3.63) is 12.7 Å². The number of carbonyl (C=O) groups excluding carboxylic acids is 1. The predicted molar refractivity (Wildman–Crippen MR) is 115 cm³/mol. The van der Waals surface area contributed by atoms with E-state index < -0.39 is 0 Å². The fourth-order valence-electron chi connectivity index (χ4n) is 3.40. The Labute approximate surface area is 164 Å². The van der Waals surface area contributed by atoms with Gasteiger partial charge in [-0.2, -0.15) is 0 Å². The standard InChI is InChI=1S/C24H46O2/c1-3-5-6-7-8-9-10-11-12-13-14-15-16-17-18-19-20-21-22-24(25)26-23-4-2/h4H,2-3,5-23H2,1H3. The Balaban J connectivity index is 3.05. The summed E-state index contributed by atoms with van der Waals surface area (Å²) in [6.45, 7) is 6.17. The summed E-state index contributed by atoms with van der Waals surface area (Å²) >= 11 is 0. The van der Waals surface area contributed by atoms with Gasteiger partial charge in [-0.15, -0.1) is 0 Å². The Hall–Kier alpha value is -0.790. The molecule has 0 bridgehead atoms. The topological polar surface area (TPSA) is 26.3 Å². The zero-order valence-corrected chi connectivity index (χ0v) is 17.7. The highest BCUT2D eigenvalue weighted by atomic mass is 16.5. The van der Waals surface area contributed by atoms with Crippen LogP contribution in [0.2, 0.25) is 0 Å². The van der Waals surface area contributed by atoms with E-state index in [1.807, 2.05) is 0 Å². The molecule has 0 spiro atoms. The molecule has 0 aromatic heterocycles. The number of unbranched alkanes of at least 4 members (excludes halogenated alkanes) is 17.